The Hall–Kier alpha value is -2.20. The molecule has 0 radical (unpaired) electrons. The Morgan fingerprint density at radius 2 is 1.19 bits per heavy atom. The molecule has 0 spiro atoms. The van der Waals surface area contributed by atoms with E-state index in [-0.39, 0.29) is 24.4 Å². The van der Waals surface area contributed by atoms with E-state index in [4.69, 9.17) is 14.2 Å². The van der Waals surface area contributed by atoms with E-state index in [1.807, 2.05) is 13.8 Å². The highest BCUT2D eigenvalue weighted by molar-refractivity contribution is 5.56. The summed E-state index contributed by atoms with van der Waals surface area (Å²) < 4.78 is 18.1. The summed E-state index contributed by atoms with van der Waals surface area (Å²) in [6.07, 6.45) is 8.38. The fraction of sp³-hybridized carbons (Fsp3) is 0.333. The van der Waals surface area contributed by atoms with Crippen LogP contribution in [0.5, 0.6) is 0 Å². The molecule has 2 aliphatic heterocycles. The fourth-order valence-electron chi connectivity index (χ4n) is 3.54. The molecule has 0 saturated carbocycles. The lowest BCUT2D eigenvalue weighted by molar-refractivity contribution is -0.0420. The van der Waals surface area contributed by atoms with Gasteiger partial charge in [-0.05, 0) is 36.1 Å². The van der Waals surface area contributed by atoms with Crippen molar-refractivity contribution in [3.05, 3.63) is 82.9 Å². The van der Waals surface area contributed by atoms with Crippen molar-refractivity contribution in [2.24, 2.45) is 0 Å². The van der Waals surface area contributed by atoms with E-state index < -0.39 is 0 Å². The molecule has 2 aromatic rings. The van der Waals surface area contributed by atoms with E-state index in [1.54, 1.807) is 0 Å². The molecule has 2 aliphatic rings. The maximum atomic E-state index is 6.73. The summed E-state index contributed by atoms with van der Waals surface area (Å²) in [5.41, 5.74) is 4.70. The molecule has 0 bridgehead atoms. The lowest BCUT2D eigenvalue weighted by Crippen LogP contribution is -2.20. The van der Waals surface area contributed by atoms with E-state index in [1.165, 1.54) is 22.3 Å². The Kier molecular flexibility index (Phi) is 5.53. The van der Waals surface area contributed by atoms with E-state index in [0.29, 0.717) is 0 Å². The van der Waals surface area contributed by atoms with Gasteiger partial charge in [-0.2, -0.15) is 0 Å². The molecule has 0 aromatic heterocycles. The molecule has 0 amide bonds. The Morgan fingerprint density at radius 1 is 0.778 bits per heavy atom. The standard InChI is InChI=1S/C24H26O3/c1-3-9-17-11-5-7-13-19(17)23(21-15-25-21)27-24(22-16-26-22)20-14-8-6-12-18(20)10-4-2/h3-14,21-24H,15-16H2,1-2H3/b9-3-,10-4-. The molecule has 140 valence electrons. The number of allylic oxidation sites excluding steroid dienone is 2. The fourth-order valence-corrected chi connectivity index (χ4v) is 3.54. The van der Waals surface area contributed by atoms with Crippen molar-refractivity contribution in [3.63, 3.8) is 0 Å². The summed E-state index contributed by atoms with van der Waals surface area (Å²) in [5.74, 6) is 0. The first-order valence-corrected chi connectivity index (χ1v) is 9.63. The summed E-state index contributed by atoms with van der Waals surface area (Å²) in [6.45, 7) is 5.55. The highest BCUT2D eigenvalue weighted by Crippen LogP contribution is 2.42. The Bertz CT molecular complexity index is 762. The van der Waals surface area contributed by atoms with Crippen LogP contribution in [0.15, 0.2) is 60.7 Å². The van der Waals surface area contributed by atoms with Gasteiger partial charge in [-0.1, -0.05) is 72.8 Å². The van der Waals surface area contributed by atoms with E-state index in [9.17, 15) is 0 Å². The molecule has 4 atom stereocenters. The summed E-state index contributed by atoms with van der Waals surface area (Å²) in [6, 6.07) is 16.8. The van der Waals surface area contributed by atoms with Crippen LogP contribution in [-0.2, 0) is 14.2 Å². The summed E-state index contributed by atoms with van der Waals surface area (Å²) in [7, 11) is 0. The molecular formula is C24H26O3. The van der Waals surface area contributed by atoms with Crippen LogP contribution in [0.2, 0.25) is 0 Å². The van der Waals surface area contributed by atoms with Gasteiger partial charge in [0, 0.05) is 0 Å². The summed E-state index contributed by atoms with van der Waals surface area (Å²) in [4.78, 5) is 0. The molecule has 2 aromatic carbocycles. The zero-order valence-electron chi connectivity index (χ0n) is 15.9. The van der Waals surface area contributed by atoms with Gasteiger partial charge in [0.05, 0.1) is 13.2 Å². The van der Waals surface area contributed by atoms with E-state index in [0.717, 1.165) is 13.2 Å². The summed E-state index contributed by atoms with van der Waals surface area (Å²) >= 11 is 0. The summed E-state index contributed by atoms with van der Waals surface area (Å²) in [5, 5.41) is 0. The number of hydrogen-bond acceptors (Lipinski definition) is 3. The van der Waals surface area contributed by atoms with Crippen LogP contribution in [-0.4, -0.2) is 25.4 Å². The van der Waals surface area contributed by atoms with Gasteiger partial charge < -0.3 is 14.2 Å². The van der Waals surface area contributed by atoms with Gasteiger partial charge in [0.15, 0.2) is 0 Å². The first kappa shape index (κ1) is 18.2. The van der Waals surface area contributed by atoms with Crippen LogP contribution >= 0.6 is 0 Å². The molecular weight excluding hydrogens is 336 g/mol. The van der Waals surface area contributed by atoms with Crippen molar-refractivity contribution in [2.45, 2.75) is 38.3 Å². The molecule has 2 fully saturated rings. The predicted octanol–water partition coefficient (Wildman–Crippen LogP) is 5.35. The topological polar surface area (TPSA) is 34.3 Å². The minimum absolute atomic E-state index is 0.103. The van der Waals surface area contributed by atoms with Gasteiger partial charge >= 0.3 is 0 Å². The van der Waals surface area contributed by atoms with Crippen LogP contribution in [0, 0.1) is 0 Å². The average molecular weight is 362 g/mol. The monoisotopic (exact) mass is 362 g/mol. The Labute approximate surface area is 161 Å². The van der Waals surface area contributed by atoms with Gasteiger partial charge in [0.25, 0.3) is 0 Å². The third-order valence-corrected chi connectivity index (χ3v) is 4.98. The third kappa shape index (κ3) is 4.22. The van der Waals surface area contributed by atoms with Gasteiger partial charge in [-0.15, -0.1) is 0 Å². The molecule has 0 aliphatic carbocycles. The molecule has 2 saturated heterocycles. The highest BCUT2D eigenvalue weighted by atomic mass is 16.6. The zero-order valence-corrected chi connectivity index (χ0v) is 15.9. The van der Waals surface area contributed by atoms with Crippen molar-refractivity contribution in [3.8, 4) is 0 Å². The largest absolute Gasteiger partial charge is 0.370 e. The number of benzene rings is 2. The number of hydrogen-bond donors (Lipinski definition) is 0. The third-order valence-electron chi connectivity index (χ3n) is 4.98. The Balaban J connectivity index is 1.68. The SMILES string of the molecule is C/C=C\c1ccccc1C(OC(c1ccccc1/C=C\C)C1CO1)C1CO1. The zero-order chi connectivity index (χ0) is 18.6. The van der Waals surface area contributed by atoms with Crippen molar-refractivity contribution >= 4 is 12.2 Å². The number of rotatable bonds is 8. The smallest absolute Gasteiger partial charge is 0.112 e. The normalized spacial score (nSPS) is 23.6. The molecule has 3 heteroatoms. The number of ether oxygens (including phenoxy) is 3. The van der Waals surface area contributed by atoms with Crippen molar-refractivity contribution in [1.82, 2.24) is 0 Å². The molecule has 2 heterocycles. The molecule has 27 heavy (non-hydrogen) atoms. The number of epoxide rings is 2. The highest BCUT2D eigenvalue weighted by Gasteiger charge is 2.43. The minimum Gasteiger partial charge on any atom is -0.370 e. The van der Waals surface area contributed by atoms with Gasteiger partial charge in [0.2, 0.25) is 0 Å². The lowest BCUT2D eigenvalue weighted by Gasteiger charge is -2.26. The lowest BCUT2D eigenvalue weighted by atomic mass is 9.97. The second kappa shape index (κ2) is 8.22. The maximum Gasteiger partial charge on any atom is 0.112 e. The molecule has 3 nitrogen and oxygen atoms in total. The minimum atomic E-state index is -0.106. The second-order valence-electron chi connectivity index (χ2n) is 6.98. The molecule has 4 unspecified atom stereocenters. The maximum absolute atomic E-state index is 6.73. The van der Waals surface area contributed by atoms with E-state index in [2.05, 4.69) is 72.8 Å². The second-order valence-corrected chi connectivity index (χ2v) is 6.98. The van der Waals surface area contributed by atoms with Gasteiger partial charge in [-0.3, -0.25) is 0 Å². The van der Waals surface area contributed by atoms with Crippen LogP contribution in [0.25, 0.3) is 12.2 Å². The first-order chi connectivity index (χ1) is 13.3. The van der Waals surface area contributed by atoms with Gasteiger partial charge in [-0.25, -0.2) is 0 Å². The van der Waals surface area contributed by atoms with Crippen LogP contribution in [0.1, 0.15) is 48.3 Å². The van der Waals surface area contributed by atoms with Crippen LogP contribution in [0.4, 0.5) is 0 Å². The molecule has 4 rings (SSSR count). The van der Waals surface area contributed by atoms with Crippen LogP contribution in [0.3, 0.4) is 0 Å². The predicted molar refractivity (Wildman–Crippen MR) is 108 cm³/mol. The first-order valence-electron chi connectivity index (χ1n) is 9.63. The average Bonchev–Trinajstić information content (AvgIpc) is 3.58. The van der Waals surface area contributed by atoms with Crippen molar-refractivity contribution < 1.29 is 14.2 Å². The van der Waals surface area contributed by atoms with E-state index >= 15 is 0 Å². The quantitative estimate of drug-likeness (QED) is 0.594. The van der Waals surface area contributed by atoms with Crippen LogP contribution < -0.4 is 0 Å². The molecule has 0 N–H and O–H groups in total. The Morgan fingerprint density at radius 3 is 1.56 bits per heavy atom. The van der Waals surface area contributed by atoms with Crippen molar-refractivity contribution in [1.29, 1.82) is 0 Å². The van der Waals surface area contributed by atoms with Gasteiger partial charge in [0.1, 0.15) is 24.4 Å². The van der Waals surface area contributed by atoms with Crippen molar-refractivity contribution in [2.75, 3.05) is 13.2 Å².